The lowest BCUT2D eigenvalue weighted by Crippen LogP contribution is -2.39. The Morgan fingerprint density at radius 3 is 2.80 bits per heavy atom. The molecule has 82 valence electrons. The third kappa shape index (κ3) is 1.72. The Bertz CT molecular complexity index is 473. The minimum Gasteiger partial charge on any atom is -0.396 e. The predicted octanol–water partition coefficient (Wildman–Crippen LogP) is -0.381. The van der Waals surface area contributed by atoms with E-state index in [9.17, 15) is 14.0 Å². The SMILES string of the molecule is O=c1[nH]c(=O)n([C@H]2C[C@@H](CO)C2)cc1F. The molecule has 0 atom stereocenters. The van der Waals surface area contributed by atoms with Gasteiger partial charge in [0.2, 0.25) is 5.82 Å². The fourth-order valence-electron chi connectivity index (χ4n) is 1.81. The van der Waals surface area contributed by atoms with Gasteiger partial charge in [-0.25, -0.2) is 4.79 Å². The van der Waals surface area contributed by atoms with E-state index in [1.54, 1.807) is 0 Å². The molecule has 0 bridgehead atoms. The molecule has 1 saturated carbocycles. The van der Waals surface area contributed by atoms with Crippen LogP contribution in [-0.2, 0) is 0 Å². The van der Waals surface area contributed by atoms with Crippen molar-refractivity contribution in [1.29, 1.82) is 0 Å². The number of nitrogens with one attached hydrogen (secondary N) is 1. The minimum absolute atomic E-state index is 0.0804. The van der Waals surface area contributed by atoms with Gasteiger partial charge in [-0.2, -0.15) is 4.39 Å². The molecule has 6 heteroatoms. The molecular weight excluding hydrogens is 203 g/mol. The van der Waals surface area contributed by atoms with Crippen molar-refractivity contribution in [2.75, 3.05) is 6.61 Å². The average Bonchev–Trinajstić information content (AvgIpc) is 2.12. The van der Waals surface area contributed by atoms with Gasteiger partial charge in [-0.3, -0.25) is 14.3 Å². The Morgan fingerprint density at radius 1 is 1.53 bits per heavy atom. The van der Waals surface area contributed by atoms with Crippen molar-refractivity contribution in [3.8, 4) is 0 Å². The van der Waals surface area contributed by atoms with Gasteiger partial charge in [0.05, 0.1) is 6.20 Å². The summed E-state index contributed by atoms with van der Waals surface area (Å²) in [4.78, 5) is 24.0. The molecule has 2 N–H and O–H groups in total. The fraction of sp³-hybridized carbons (Fsp3) is 0.556. The summed E-state index contributed by atoms with van der Waals surface area (Å²) in [6.07, 6.45) is 2.21. The van der Waals surface area contributed by atoms with Crippen LogP contribution in [0, 0.1) is 11.7 Å². The lowest BCUT2D eigenvalue weighted by molar-refractivity contribution is 0.109. The maximum Gasteiger partial charge on any atom is 0.328 e. The van der Waals surface area contributed by atoms with Gasteiger partial charge in [0.25, 0.3) is 5.56 Å². The van der Waals surface area contributed by atoms with E-state index in [0.717, 1.165) is 6.20 Å². The molecule has 0 saturated heterocycles. The standard InChI is InChI=1S/C9H11FN2O3/c10-7-3-12(9(15)11-8(7)14)6-1-5(2-6)4-13/h3,5-6,13H,1-2,4H2,(H,11,14,15)/t5-,6+. The first kappa shape index (κ1) is 10.1. The van der Waals surface area contributed by atoms with E-state index in [1.807, 2.05) is 4.98 Å². The van der Waals surface area contributed by atoms with E-state index in [1.165, 1.54) is 4.57 Å². The first-order valence-corrected chi connectivity index (χ1v) is 4.73. The minimum atomic E-state index is -0.991. The van der Waals surface area contributed by atoms with E-state index >= 15 is 0 Å². The topological polar surface area (TPSA) is 75.1 Å². The monoisotopic (exact) mass is 214 g/mol. The van der Waals surface area contributed by atoms with E-state index in [-0.39, 0.29) is 18.6 Å². The Labute approximate surface area is 84.2 Å². The van der Waals surface area contributed by atoms with Crippen molar-refractivity contribution in [2.45, 2.75) is 18.9 Å². The van der Waals surface area contributed by atoms with Crippen molar-refractivity contribution in [1.82, 2.24) is 9.55 Å². The zero-order chi connectivity index (χ0) is 11.0. The summed E-state index contributed by atoms with van der Waals surface area (Å²) < 4.78 is 14.1. The zero-order valence-corrected chi connectivity index (χ0v) is 7.94. The van der Waals surface area contributed by atoms with Crippen LogP contribution in [-0.4, -0.2) is 21.3 Å². The largest absolute Gasteiger partial charge is 0.396 e. The third-order valence-electron chi connectivity index (χ3n) is 2.79. The maximum atomic E-state index is 12.9. The smallest absolute Gasteiger partial charge is 0.328 e. The maximum absolute atomic E-state index is 12.9. The molecule has 1 aliphatic rings. The van der Waals surface area contributed by atoms with Gasteiger partial charge in [0.1, 0.15) is 0 Å². The summed E-state index contributed by atoms with van der Waals surface area (Å²) in [5, 5.41) is 8.80. The van der Waals surface area contributed by atoms with Crippen molar-refractivity contribution < 1.29 is 9.50 Å². The molecule has 15 heavy (non-hydrogen) atoms. The van der Waals surface area contributed by atoms with Gasteiger partial charge in [-0.15, -0.1) is 0 Å². The van der Waals surface area contributed by atoms with Crippen LogP contribution in [0.2, 0.25) is 0 Å². The number of nitrogens with zero attached hydrogens (tertiary/aromatic N) is 1. The van der Waals surface area contributed by atoms with E-state index in [2.05, 4.69) is 0 Å². The van der Waals surface area contributed by atoms with Crippen molar-refractivity contribution in [3.63, 3.8) is 0 Å². The second-order valence-electron chi connectivity index (χ2n) is 3.82. The molecule has 5 nitrogen and oxygen atoms in total. The summed E-state index contributed by atoms with van der Waals surface area (Å²) in [5.41, 5.74) is -1.59. The van der Waals surface area contributed by atoms with Crippen LogP contribution in [0.3, 0.4) is 0 Å². The highest BCUT2D eigenvalue weighted by atomic mass is 19.1. The average molecular weight is 214 g/mol. The summed E-state index contributed by atoms with van der Waals surface area (Å²) in [6.45, 7) is 0.0804. The van der Waals surface area contributed by atoms with E-state index in [4.69, 9.17) is 5.11 Å². The molecular formula is C9H11FN2O3. The normalized spacial score (nSPS) is 24.9. The second-order valence-corrected chi connectivity index (χ2v) is 3.82. The molecule has 1 fully saturated rings. The lowest BCUT2D eigenvalue weighted by atomic mass is 9.81. The first-order valence-electron chi connectivity index (χ1n) is 4.73. The predicted molar refractivity (Wildman–Crippen MR) is 50.1 cm³/mol. The number of aromatic nitrogens is 2. The van der Waals surface area contributed by atoms with Gasteiger partial charge in [-0.05, 0) is 18.8 Å². The van der Waals surface area contributed by atoms with Crippen molar-refractivity contribution >= 4 is 0 Å². The van der Waals surface area contributed by atoms with Crippen LogP contribution >= 0.6 is 0 Å². The third-order valence-corrected chi connectivity index (χ3v) is 2.79. The van der Waals surface area contributed by atoms with Gasteiger partial charge >= 0.3 is 5.69 Å². The Balaban J connectivity index is 2.27. The highest BCUT2D eigenvalue weighted by Crippen LogP contribution is 2.36. The number of aromatic amines is 1. The number of aliphatic hydroxyl groups is 1. The van der Waals surface area contributed by atoms with Crippen LogP contribution in [0.1, 0.15) is 18.9 Å². The van der Waals surface area contributed by atoms with Crippen LogP contribution in [0.4, 0.5) is 4.39 Å². The number of halogens is 1. The van der Waals surface area contributed by atoms with Crippen molar-refractivity contribution in [2.24, 2.45) is 5.92 Å². The molecule has 0 aliphatic heterocycles. The molecule has 0 aromatic carbocycles. The highest BCUT2D eigenvalue weighted by molar-refractivity contribution is 4.93. The number of hydrogen-bond acceptors (Lipinski definition) is 3. The van der Waals surface area contributed by atoms with E-state index < -0.39 is 17.1 Å². The second kappa shape index (κ2) is 3.62. The summed E-state index contributed by atoms with van der Waals surface area (Å²) >= 11 is 0. The Hall–Kier alpha value is -1.43. The molecule has 1 aliphatic carbocycles. The molecule has 2 rings (SSSR count). The number of aliphatic hydroxyl groups excluding tert-OH is 1. The molecule has 0 spiro atoms. The molecule has 0 radical (unpaired) electrons. The quantitative estimate of drug-likeness (QED) is 0.704. The highest BCUT2D eigenvalue weighted by Gasteiger charge is 2.30. The van der Waals surface area contributed by atoms with Crippen molar-refractivity contribution in [3.05, 3.63) is 32.9 Å². The van der Waals surface area contributed by atoms with Crippen LogP contribution in [0.25, 0.3) is 0 Å². The lowest BCUT2D eigenvalue weighted by Gasteiger charge is -2.34. The molecule has 0 unspecified atom stereocenters. The number of H-pyrrole nitrogens is 1. The summed E-state index contributed by atoms with van der Waals surface area (Å²) in [6, 6.07) is -0.110. The Morgan fingerprint density at radius 2 is 2.20 bits per heavy atom. The Kier molecular flexibility index (Phi) is 2.44. The number of rotatable bonds is 2. The van der Waals surface area contributed by atoms with Crippen LogP contribution in [0.5, 0.6) is 0 Å². The molecule has 1 heterocycles. The zero-order valence-electron chi connectivity index (χ0n) is 7.94. The van der Waals surface area contributed by atoms with Gasteiger partial charge in [0, 0.05) is 12.6 Å². The first-order chi connectivity index (χ1) is 7.11. The molecule has 0 amide bonds. The van der Waals surface area contributed by atoms with Crippen LogP contribution < -0.4 is 11.2 Å². The van der Waals surface area contributed by atoms with Gasteiger partial charge < -0.3 is 5.11 Å². The van der Waals surface area contributed by atoms with Gasteiger partial charge in [-0.1, -0.05) is 0 Å². The van der Waals surface area contributed by atoms with Crippen LogP contribution in [0.15, 0.2) is 15.8 Å². The molecule has 1 aromatic heterocycles. The molecule has 1 aromatic rings. The fourth-order valence-corrected chi connectivity index (χ4v) is 1.81. The van der Waals surface area contributed by atoms with E-state index in [0.29, 0.717) is 12.8 Å². The van der Waals surface area contributed by atoms with Gasteiger partial charge in [0.15, 0.2) is 0 Å². The number of hydrogen-bond donors (Lipinski definition) is 2. The summed E-state index contributed by atoms with van der Waals surface area (Å²) in [7, 11) is 0. The summed E-state index contributed by atoms with van der Waals surface area (Å²) in [5.74, 6) is -0.779.